The van der Waals surface area contributed by atoms with Crippen LogP contribution in [0.2, 0.25) is 0 Å². The number of imidazole rings is 1. The molecule has 0 spiro atoms. The zero-order valence-corrected chi connectivity index (χ0v) is 14.8. The van der Waals surface area contributed by atoms with Crippen LogP contribution in [0.15, 0.2) is 24.4 Å². The second-order valence-corrected chi connectivity index (χ2v) is 7.72. The minimum atomic E-state index is -0.0806. The highest BCUT2D eigenvalue weighted by molar-refractivity contribution is 5.95. The number of hydrogen-bond donors (Lipinski definition) is 1. The number of ether oxygens (including phenoxy) is 2. The molecule has 1 aromatic carbocycles. The Hall–Kier alpha value is -2.50. The summed E-state index contributed by atoms with van der Waals surface area (Å²) in [4.78, 5) is 17.3. The lowest BCUT2D eigenvalue weighted by molar-refractivity contribution is 0.0927. The van der Waals surface area contributed by atoms with Gasteiger partial charge in [0, 0.05) is 36.2 Å². The van der Waals surface area contributed by atoms with E-state index in [9.17, 15) is 4.79 Å². The van der Waals surface area contributed by atoms with Crippen LogP contribution in [0.5, 0.6) is 11.5 Å². The third-order valence-corrected chi connectivity index (χ3v) is 4.73. The number of fused-ring (bicyclic) bond motifs is 2. The van der Waals surface area contributed by atoms with Gasteiger partial charge >= 0.3 is 0 Å². The molecule has 0 unspecified atom stereocenters. The van der Waals surface area contributed by atoms with Gasteiger partial charge in [-0.1, -0.05) is 20.8 Å². The highest BCUT2D eigenvalue weighted by Crippen LogP contribution is 2.32. The van der Waals surface area contributed by atoms with Gasteiger partial charge in [0.15, 0.2) is 11.5 Å². The molecule has 3 heterocycles. The van der Waals surface area contributed by atoms with Gasteiger partial charge in [-0.05, 0) is 24.6 Å². The number of nitrogens with zero attached hydrogens (tertiary/aromatic N) is 2. The molecular formula is C19H23N3O3. The fourth-order valence-electron chi connectivity index (χ4n) is 3.23. The molecule has 0 aliphatic carbocycles. The maximum Gasteiger partial charge on any atom is 0.251 e. The normalized spacial score (nSPS) is 18.8. The fraction of sp³-hybridized carbons (Fsp3) is 0.474. The van der Waals surface area contributed by atoms with Crippen molar-refractivity contribution in [1.82, 2.24) is 14.9 Å². The van der Waals surface area contributed by atoms with Crippen LogP contribution >= 0.6 is 0 Å². The van der Waals surface area contributed by atoms with Gasteiger partial charge in [0.05, 0.1) is 5.69 Å². The lowest BCUT2D eigenvalue weighted by atomic mass is 9.93. The van der Waals surface area contributed by atoms with Gasteiger partial charge in [-0.2, -0.15) is 0 Å². The van der Waals surface area contributed by atoms with Gasteiger partial charge in [-0.15, -0.1) is 0 Å². The van der Waals surface area contributed by atoms with E-state index in [4.69, 9.17) is 14.5 Å². The van der Waals surface area contributed by atoms with E-state index in [1.165, 1.54) is 0 Å². The lowest BCUT2D eigenvalue weighted by Gasteiger charge is -2.24. The van der Waals surface area contributed by atoms with E-state index in [1.54, 1.807) is 18.2 Å². The van der Waals surface area contributed by atoms with Crippen molar-refractivity contribution in [2.45, 2.75) is 51.6 Å². The summed E-state index contributed by atoms with van der Waals surface area (Å²) in [6.45, 7) is 7.47. The van der Waals surface area contributed by atoms with Gasteiger partial charge in [0.1, 0.15) is 5.82 Å². The Morgan fingerprint density at radius 1 is 1.28 bits per heavy atom. The molecule has 0 bridgehead atoms. The average Bonchev–Trinajstić information content (AvgIpc) is 3.19. The first-order valence-electron chi connectivity index (χ1n) is 8.67. The molecule has 1 aromatic heterocycles. The van der Waals surface area contributed by atoms with Gasteiger partial charge in [0.25, 0.3) is 5.91 Å². The third kappa shape index (κ3) is 3.08. The quantitative estimate of drug-likeness (QED) is 0.912. The number of amides is 1. The van der Waals surface area contributed by atoms with Gasteiger partial charge in [-0.3, -0.25) is 4.79 Å². The molecule has 2 aliphatic heterocycles. The summed E-state index contributed by atoms with van der Waals surface area (Å²) in [7, 11) is 0. The molecular weight excluding hydrogens is 318 g/mol. The molecule has 1 atom stereocenters. The Bertz CT molecular complexity index is 820. The van der Waals surface area contributed by atoms with Crippen molar-refractivity contribution in [1.29, 1.82) is 0 Å². The first kappa shape index (κ1) is 16.0. The number of nitrogens with one attached hydrogen (secondary N) is 1. The van der Waals surface area contributed by atoms with Crippen LogP contribution in [0.3, 0.4) is 0 Å². The maximum absolute atomic E-state index is 12.6. The SMILES string of the molecule is CC(C)(C)c1cn2c(n1)CC[C@@H](NC(=O)c1ccc3c(c1)OCO3)C2. The van der Waals surface area contributed by atoms with Crippen LogP contribution in [0, 0.1) is 0 Å². The van der Waals surface area contributed by atoms with Crippen molar-refractivity contribution in [2.75, 3.05) is 6.79 Å². The number of benzene rings is 1. The molecule has 6 heteroatoms. The number of aryl methyl sites for hydroxylation is 1. The highest BCUT2D eigenvalue weighted by Gasteiger charge is 2.26. The van der Waals surface area contributed by atoms with E-state index < -0.39 is 0 Å². The molecule has 1 N–H and O–H groups in total. The monoisotopic (exact) mass is 341 g/mol. The number of hydrogen-bond acceptors (Lipinski definition) is 4. The van der Waals surface area contributed by atoms with Crippen LogP contribution in [0.1, 0.15) is 49.1 Å². The minimum Gasteiger partial charge on any atom is -0.454 e. The summed E-state index contributed by atoms with van der Waals surface area (Å²) >= 11 is 0. The fourth-order valence-corrected chi connectivity index (χ4v) is 3.23. The van der Waals surface area contributed by atoms with Crippen LogP contribution in [0.4, 0.5) is 0 Å². The highest BCUT2D eigenvalue weighted by atomic mass is 16.7. The molecule has 6 nitrogen and oxygen atoms in total. The smallest absolute Gasteiger partial charge is 0.251 e. The number of carbonyl (C=O) groups excluding carboxylic acids is 1. The standard InChI is InChI=1S/C19H23N3O3/c1-19(2,3)16-10-22-9-13(5-7-17(22)21-16)20-18(23)12-4-6-14-15(8-12)25-11-24-14/h4,6,8,10,13H,5,7,9,11H2,1-3H3,(H,20,23)/t13-/m1/s1. The van der Waals surface area contributed by atoms with Gasteiger partial charge in [0.2, 0.25) is 6.79 Å². The lowest BCUT2D eigenvalue weighted by Crippen LogP contribution is -2.40. The molecule has 2 aliphatic rings. The first-order chi connectivity index (χ1) is 11.9. The van der Waals surface area contributed by atoms with Crippen molar-refractivity contribution >= 4 is 5.91 Å². The maximum atomic E-state index is 12.6. The summed E-state index contributed by atoms with van der Waals surface area (Å²) in [6.07, 6.45) is 3.90. The van der Waals surface area contributed by atoms with E-state index in [0.29, 0.717) is 17.1 Å². The van der Waals surface area contributed by atoms with Gasteiger partial charge in [-0.25, -0.2) is 4.98 Å². The summed E-state index contributed by atoms with van der Waals surface area (Å²) < 4.78 is 12.8. The second-order valence-electron chi connectivity index (χ2n) is 7.72. The second kappa shape index (κ2) is 5.79. The van der Waals surface area contributed by atoms with E-state index in [2.05, 4.69) is 36.9 Å². The molecule has 0 saturated heterocycles. The Labute approximate surface area is 147 Å². The van der Waals surface area contributed by atoms with E-state index in [1.807, 2.05) is 0 Å². The number of aromatic nitrogens is 2. The van der Waals surface area contributed by atoms with Crippen LogP contribution in [-0.4, -0.2) is 28.3 Å². The van der Waals surface area contributed by atoms with Crippen LogP contribution in [0.25, 0.3) is 0 Å². The van der Waals surface area contributed by atoms with Crippen molar-refractivity contribution in [3.05, 3.63) is 41.5 Å². The Morgan fingerprint density at radius 2 is 2.08 bits per heavy atom. The number of carbonyl (C=O) groups is 1. The van der Waals surface area contributed by atoms with Crippen molar-refractivity contribution in [3.63, 3.8) is 0 Å². The molecule has 2 aromatic rings. The van der Waals surface area contributed by atoms with Crippen molar-refractivity contribution in [3.8, 4) is 11.5 Å². The zero-order valence-electron chi connectivity index (χ0n) is 14.8. The zero-order chi connectivity index (χ0) is 17.6. The Morgan fingerprint density at radius 3 is 2.88 bits per heavy atom. The molecule has 0 fully saturated rings. The van der Waals surface area contributed by atoms with Crippen molar-refractivity contribution in [2.24, 2.45) is 0 Å². The largest absolute Gasteiger partial charge is 0.454 e. The summed E-state index contributed by atoms with van der Waals surface area (Å²) in [5.41, 5.74) is 1.73. The Kier molecular flexibility index (Phi) is 3.71. The third-order valence-electron chi connectivity index (χ3n) is 4.73. The molecule has 0 saturated carbocycles. The van der Waals surface area contributed by atoms with E-state index in [0.717, 1.165) is 30.9 Å². The molecule has 132 valence electrons. The predicted octanol–water partition coefficient (Wildman–Crippen LogP) is 2.65. The summed E-state index contributed by atoms with van der Waals surface area (Å²) in [6, 6.07) is 5.39. The predicted molar refractivity (Wildman–Crippen MR) is 93.1 cm³/mol. The van der Waals surface area contributed by atoms with Crippen LogP contribution in [-0.2, 0) is 18.4 Å². The molecule has 25 heavy (non-hydrogen) atoms. The summed E-state index contributed by atoms with van der Waals surface area (Å²) in [5.74, 6) is 2.34. The van der Waals surface area contributed by atoms with Crippen LogP contribution < -0.4 is 14.8 Å². The Balaban J connectivity index is 1.45. The minimum absolute atomic E-state index is 0.0373. The molecule has 4 rings (SSSR count). The van der Waals surface area contributed by atoms with Crippen molar-refractivity contribution < 1.29 is 14.3 Å². The number of rotatable bonds is 2. The van der Waals surface area contributed by atoms with Gasteiger partial charge < -0.3 is 19.4 Å². The molecule has 0 radical (unpaired) electrons. The average molecular weight is 341 g/mol. The van der Waals surface area contributed by atoms with E-state index >= 15 is 0 Å². The topological polar surface area (TPSA) is 65.4 Å². The first-order valence-corrected chi connectivity index (χ1v) is 8.67. The molecule has 1 amide bonds. The van der Waals surface area contributed by atoms with E-state index in [-0.39, 0.29) is 24.2 Å². The summed E-state index contributed by atoms with van der Waals surface area (Å²) in [5, 5.41) is 3.13.